The topological polar surface area (TPSA) is 88.1 Å². The maximum Gasteiger partial charge on any atom is 0.247 e. The van der Waals surface area contributed by atoms with Gasteiger partial charge in [0.25, 0.3) is 0 Å². The smallest absolute Gasteiger partial charge is 0.247 e. The Morgan fingerprint density at radius 2 is 2.03 bits per heavy atom. The molecule has 8 heteroatoms. The van der Waals surface area contributed by atoms with Gasteiger partial charge in [-0.2, -0.15) is 4.31 Å². The summed E-state index contributed by atoms with van der Waals surface area (Å²) in [6.45, 7) is 4.26. The summed E-state index contributed by atoms with van der Waals surface area (Å²) in [6, 6.07) is 12.1. The zero-order valence-corrected chi connectivity index (χ0v) is 18.6. The van der Waals surface area contributed by atoms with Gasteiger partial charge >= 0.3 is 0 Å². The number of rotatable bonds is 6. The van der Waals surface area contributed by atoms with Crippen LogP contribution in [0.2, 0.25) is 0 Å². The van der Waals surface area contributed by atoms with Crippen LogP contribution < -0.4 is 14.8 Å². The van der Waals surface area contributed by atoms with Crippen LogP contribution in [0.15, 0.2) is 47.4 Å². The van der Waals surface area contributed by atoms with Gasteiger partial charge in [-0.05, 0) is 37.7 Å². The Morgan fingerprint density at radius 3 is 2.70 bits per heavy atom. The van der Waals surface area contributed by atoms with Crippen LogP contribution in [-0.4, -0.2) is 63.8 Å². The molecule has 0 unspecified atom stereocenters. The minimum Gasteiger partial charge on any atom is -0.496 e. The van der Waals surface area contributed by atoms with Gasteiger partial charge in [-0.15, -0.1) is 0 Å². The number of nitrogens with one attached hydrogen (secondary N) is 1. The van der Waals surface area contributed by atoms with Gasteiger partial charge in [-0.3, -0.25) is 0 Å². The van der Waals surface area contributed by atoms with Crippen LogP contribution in [0.3, 0.4) is 0 Å². The van der Waals surface area contributed by atoms with Gasteiger partial charge in [0.15, 0.2) is 0 Å². The van der Waals surface area contributed by atoms with Gasteiger partial charge < -0.3 is 19.9 Å². The van der Waals surface area contributed by atoms with Gasteiger partial charge in [-0.25, -0.2) is 8.42 Å². The summed E-state index contributed by atoms with van der Waals surface area (Å²) in [5, 5.41) is 12.8. The third-order valence-corrected chi connectivity index (χ3v) is 7.51. The first-order valence-electron chi connectivity index (χ1n) is 10.0. The predicted octanol–water partition coefficient (Wildman–Crippen LogP) is 2.35. The Labute approximate surface area is 178 Å². The highest BCUT2D eigenvalue weighted by molar-refractivity contribution is 7.89. The zero-order valence-electron chi connectivity index (χ0n) is 17.8. The van der Waals surface area contributed by atoms with E-state index in [1.807, 2.05) is 38.2 Å². The average Bonchev–Trinajstić information content (AvgIpc) is 2.75. The fourth-order valence-corrected chi connectivity index (χ4v) is 5.55. The van der Waals surface area contributed by atoms with Crippen molar-refractivity contribution in [2.45, 2.75) is 30.9 Å². The summed E-state index contributed by atoms with van der Waals surface area (Å²) in [5.41, 5.74) is 1.66. The Kier molecular flexibility index (Phi) is 7.02. The quantitative estimate of drug-likeness (QED) is 0.726. The molecule has 0 amide bonds. The van der Waals surface area contributed by atoms with Crippen LogP contribution in [0, 0.1) is 5.92 Å². The number of ether oxygens (including phenoxy) is 2. The molecule has 2 N–H and O–H groups in total. The van der Waals surface area contributed by atoms with E-state index in [9.17, 15) is 13.5 Å². The van der Waals surface area contributed by atoms with E-state index >= 15 is 0 Å². The highest BCUT2D eigenvalue weighted by atomic mass is 32.2. The van der Waals surface area contributed by atoms with Crippen molar-refractivity contribution in [1.82, 2.24) is 9.62 Å². The Hall–Kier alpha value is -2.13. The van der Waals surface area contributed by atoms with Gasteiger partial charge in [0.1, 0.15) is 22.5 Å². The molecular formula is C22H30N2O5S. The first-order valence-corrected chi connectivity index (χ1v) is 11.5. The average molecular weight is 435 g/mol. The van der Waals surface area contributed by atoms with Crippen molar-refractivity contribution in [3.63, 3.8) is 0 Å². The molecule has 3 atom stereocenters. The highest BCUT2D eigenvalue weighted by Crippen LogP contribution is 2.38. The number of fused-ring (bicyclic) bond motifs is 1. The molecular weight excluding hydrogens is 404 g/mol. The molecule has 0 saturated heterocycles. The Morgan fingerprint density at radius 1 is 1.30 bits per heavy atom. The second-order valence-corrected chi connectivity index (χ2v) is 9.52. The summed E-state index contributed by atoms with van der Waals surface area (Å²) in [5.74, 6) is 0.923. The van der Waals surface area contributed by atoms with E-state index in [1.165, 1.54) is 4.31 Å². The molecule has 2 aromatic rings. The third kappa shape index (κ3) is 4.32. The van der Waals surface area contributed by atoms with Gasteiger partial charge in [0.2, 0.25) is 10.0 Å². The first-order chi connectivity index (χ1) is 14.3. The number of likely N-dealkylation sites (N-methyl/N-ethyl adjacent to an activating group) is 1. The lowest BCUT2D eigenvalue weighted by molar-refractivity contribution is 0.103. The number of hydrogen-bond donors (Lipinski definition) is 2. The standard InChI is InChI=1S/C22H30N2O5S/c1-15-13-24(16(2)14-25)30(26,27)22-10-9-17(11-20(22)29-21(15)12-23-3)18-7-5-6-8-19(18)28-4/h5-11,15-16,21,23,25H,12-14H2,1-4H3/t15-,16-,21+/m0/s1. The highest BCUT2D eigenvalue weighted by Gasteiger charge is 2.37. The molecule has 0 radical (unpaired) electrons. The monoisotopic (exact) mass is 434 g/mol. The molecule has 0 bridgehead atoms. The van der Waals surface area contributed by atoms with Crippen molar-refractivity contribution in [1.29, 1.82) is 0 Å². The van der Waals surface area contributed by atoms with Crippen molar-refractivity contribution in [3.05, 3.63) is 42.5 Å². The molecule has 0 aromatic heterocycles. The van der Waals surface area contributed by atoms with Crippen LogP contribution >= 0.6 is 0 Å². The second-order valence-electron chi connectivity index (χ2n) is 7.66. The minimum absolute atomic E-state index is 0.0794. The van der Waals surface area contributed by atoms with Gasteiger partial charge in [0, 0.05) is 30.6 Å². The van der Waals surface area contributed by atoms with Crippen LogP contribution in [-0.2, 0) is 10.0 Å². The summed E-state index contributed by atoms with van der Waals surface area (Å²) >= 11 is 0. The number of hydrogen-bond acceptors (Lipinski definition) is 6. The predicted molar refractivity (Wildman–Crippen MR) is 116 cm³/mol. The van der Waals surface area contributed by atoms with Gasteiger partial charge in [0.05, 0.1) is 13.7 Å². The SMILES string of the molecule is CNC[C@H]1Oc2cc(-c3ccccc3OC)ccc2S(=O)(=O)N([C@@H](C)CO)C[C@@H]1C. The number of benzene rings is 2. The van der Waals surface area contributed by atoms with E-state index in [0.29, 0.717) is 18.0 Å². The number of aliphatic hydroxyl groups is 1. The van der Waals surface area contributed by atoms with Crippen molar-refractivity contribution >= 4 is 10.0 Å². The Balaban J connectivity index is 2.17. The number of aliphatic hydroxyl groups excluding tert-OH is 1. The fraction of sp³-hybridized carbons (Fsp3) is 0.455. The van der Waals surface area contributed by atoms with E-state index in [0.717, 1.165) is 11.1 Å². The third-order valence-electron chi connectivity index (χ3n) is 5.49. The molecule has 30 heavy (non-hydrogen) atoms. The lowest BCUT2D eigenvalue weighted by Gasteiger charge is -2.36. The molecule has 7 nitrogen and oxygen atoms in total. The summed E-state index contributed by atoms with van der Waals surface area (Å²) < 4.78 is 40.0. The maximum atomic E-state index is 13.5. The fourth-order valence-electron chi connectivity index (χ4n) is 3.72. The maximum absolute atomic E-state index is 13.5. The van der Waals surface area contributed by atoms with Gasteiger partial charge in [-0.1, -0.05) is 31.2 Å². The molecule has 164 valence electrons. The summed E-state index contributed by atoms with van der Waals surface area (Å²) in [6.07, 6.45) is -0.231. The zero-order chi connectivity index (χ0) is 21.9. The van der Waals surface area contributed by atoms with E-state index in [-0.39, 0.29) is 30.1 Å². The number of para-hydroxylation sites is 1. The molecule has 0 fully saturated rings. The van der Waals surface area contributed by atoms with Crippen molar-refractivity contribution in [2.75, 3.05) is 33.9 Å². The first kappa shape index (κ1) is 22.6. The number of sulfonamides is 1. The van der Waals surface area contributed by atoms with Crippen molar-refractivity contribution in [3.8, 4) is 22.6 Å². The van der Waals surface area contributed by atoms with Crippen molar-refractivity contribution < 1.29 is 23.0 Å². The number of nitrogens with zero attached hydrogens (tertiary/aromatic N) is 1. The minimum atomic E-state index is -3.84. The molecule has 1 aliphatic rings. The Bertz CT molecular complexity index is 979. The summed E-state index contributed by atoms with van der Waals surface area (Å²) in [7, 11) is -0.401. The lowest BCUT2D eigenvalue weighted by Crippen LogP contribution is -2.49. The molecule has 2 aromatic carbocycles. The lowest BCUT2D eigenvalue weighted by atomic mass is 10.0. The van der Waals surface area contributed by atoms with Crippen molar-refractivity contribution in [2.24, 2.45) is 5.92 Å². The molecule has 0 spiro atoms. The van der Waals surface area contributed by atoms with E-state index in [2.05, 4.69) is 5.32 Å². The van der Waals surface area contributed by atoms with Crippen LogP contribution in [0.4, 0.5) is 0 Å². The van der Waals surface area contributed by atoms with E-state index in [4.69, 9.17) is 9.47 Å². The van der Waals surface area contributed by atoms with Crippen LogP contribution in [0.5, 0.6) is 11.5 Å². The second kappa shape index (κ2) is 9.34. The van der Waals surface area contributed by atoms with Crippen LogP contribution in [0.25, 0.3) is 11.1 Å². The molecule has 3 rings (SSSR count). The van der Waals surface area contributed by atoms with Crippen LogP contribution in [0.1, 0.15) is 13.8 Å². The molecule has 1 heterocycles. The molecule has 0 aliphatic carbocycles. The largest absolute Gasteiger partial charge is 0.496 e. The van der Waals surface area contributed by atoms with E-state index in [1.54, 1.807) is 32.2 Å². The van der Waals surface area contributed by atoms with E-state index < -0.39 is 16.1 Å². The molecule has 0 saturated carbocycles. The summed E-state index contributed by atoms with van der Waals surface area (Å²) in [4.78, 5) is 0.106. The number of methoxy groups -OCH3 is 1. The normalized spacial score (nSPS) is 22.3. The molecule has 1 aliphatic heterocycles.